The van der Waals surface area contributed by atoms with Gasteiger partial charge in [-0.05, 0) is 30.0 Å². The lowest BCUT2D eigenvalue weighted by Gasteiger charge is -2.21. The maximum atomic E-state index is 13.0. The largest absolute Gasteiger partial charge is 0.496 e. The van der Waals surface area contributed by atoms with Gasteiger partial charge in [-0.3, -0.25) is 9.10 Å². The van der Waals surface area contributed by atoms with Crippen molar-refractivity contribution in [2.45, 2.75) is 24.3 Å². The molecule has 6 nitrogen and oxygen atoms in total. The topological polar surface area (TPSA) is 66.9 Å². The predicted molar refractivity (Wildman–Crippen MR) is 117 cm³/mol. The number of methoxy groups -OCH3 is 1. The molecule has 0 N–H and O–H groups in total. The van der Waals surface area contributed by atoms with Gasteiger partial charge in [-0.25, -0.2) is 8.42 Å². The van der Waals surface area contributed by atoms with Crippen molar-refractivity contribution >= 4 is 32.4 Å². The van der Waals surface area contributed by atoms with E-state index in [4.69, 9.17) is 4.74 Å². The monoisotopic (exact) mass is 424 g/mol. The Balaban J connectivity index is 1.42. The van der Waals surface area contributed by atoms with Gasteiger partial charge < -0.3 is 9.64 Å². The average Bonchev–Trinajstić information content (AvgIpc) is 2.97. The molecule has 3 aromatic rings. The van der Waals surface area contributed by atoms with E-state index in [-0.39, 0.29) is 18.9 Å². The van der Waals surface area contributed by atoms with Crippen LogP contribution in [0, 0.1) is 0 Å². The minimum absolute atomic E-state index is 0.0341. The number of carbonyl (C=O) groups is 1. The second-order valence-electron chi connectivity index (χ2n) is 7.37. The number of amides is 1. The van der Waals surface area contributed by atoms with Gasteiger partial charge in [0.2, 0.25) is 5.91 Å². The molecule has 0 aromatic heterocycles. The van der Waals surface area contributed by atoms with Gasteiger partial charge in [0.15, 0.2) is 0 Å². The SMILES string of the molecule is COc1ccccc1CN(C)C(=O)CCCN1c2cccc3cccc(c23)S1(=O)=O. The van der Waals surface area contributed by atoms with Crippen LogP contribution in [0.2, 0.25) is 0 Å². The fourth-order valence-corrected chi connectivity index (χ4v) is 5.69. The van der Waals surface area contributed by atoms with E-state index < -0.39 is 10.0 Å². The van der Waals surface area contributed by atoms with E-state index in [1.807, 2.05) is 48.5 Å². The number of hydrogen-bond acceptors (Lipinski definition) is 4. The Morgan fingerprint density at radius 1 is 1.03 bits per heavy atom. The van der Waals surface area contributed by atoms with E-state index >= 15 is 0 Å². The molecule has 0 saturated carbocycles. The molecule has 0 radical (unpaired) electrons. The first-order chi connectivity index (χ1) is 14.4. The number of anilines is 1. The van der Waals surface area contributed by atoms with Crippen LogP contribution in [0.25, 0.3) is 10.8 Å². The highest BCUT2D eigenvalue weighted by Crippen LogP contribution is 2.41. The Kier molecular flexibility index (Phi) is 5.39. The Labute approximate surface area is 176 Å². The number of rotatable bonds is 7. The smallest absolute Gasteiger partial charge is 0.265 e. The molecular weight excluding hydrogens is 400 g/mol. The van der Waals surface area contributed by atoms with E-state index in [1.165, 1.54) is 4.31 Å². The summed E-state index contributed by atoms with van der Waals surface area (Å²) >= 11 is 0. The maximum Gasteiger partial charge on any atom is 0.265 e. The molecule has 0 unspecified atom stereocenters. The summed E-state index contributed by atoms with van der Waals surface area (Å²) in [4.78, 5) is 14.6. The van der Waals surface area contributed by atoms with Crippen LogP contribution in [0.15, 0.2) is 65.6 Å². The van der Waals surface area contributed by atoms with Crippen LogP contribution in [-0.2, 0) is 21.4 Å². The van der Waals surface area contributed by atoms with E-state index in [9.17, 15) is 13.2 Å². The molecule has 1 heterocycles. The normalized spacial score (nSPS) is 14.1. The number of ether oxygens (including phenoxy) is 1. The fourth-order valence-electron chi connectivity index (χ4n) is 3.94. The molecule has 156 valence electrons. The van der Waals surface area contributed by atoms with Crippen molar-refractivity contribution in [3.05, 3.63) is 66.2 Å². The first kappa shape index (κ1) is 20.2. The third-order valence-corrected chi connectivity index (χ3v) is 7.31. The van der Waals surface area contributed by atoms with Gasteiger partial charge in [0.1, 0.15) is 5.75 Å². The average molecular weight is 425 g/mol. The number of hydrogen-bond donors (Lipinski definition) is 0. The van der Waals surface area contributed by atoms with Gasteiger partial charge in [-0.1, -0.05) is 42.5 Å². The Morgan fingerprint density at radius 2 is 1.77 bits per heavy atom. The van der Waals surface area contributed by atoms with Crippen LogP contribution in [0.5, 0.6) is 5.75 Å². The summed E-state index contributed by atoms with van der Waals surface area (Å²) in [6.07, 6.45) is 0.711. The molecule has 4 rings (SSSR count). The molecule has 0 bridgehead atoms. The molecule has 1 amide bonds. The summed E-state index contributed by atoms with van der Waals surface area (Å²) < 4.78 is 32.8. The van der Waals surface area contributed by atoms with Crippen molar-refractivity contribution in [1.29, 1.82) is 0 Å². The van der Waals surface area contributed by atoms with E-state index in [0.717, 1.165) is 22.1 Å². The summed E-state index contributed by atoms with van der Waals surface area (Å²) in [5, 5.41) is 1.67. The molecule has 0 spiro atoms. The third-order valence-electron chi connectivity index (χ3n) is 5.46. The maximum absolute atomic E-state index is 13.0. The van der Waals surface area contributed by atoms with Crippen LogP contribution in [0.1, 0.15) is 18.4 Å². The molecule has 1 aliphatic rings. The Hall–Kier alpha value is -3.06. The van der Waals surface area contributed by atoms with Crippen LogP contribution in [-0.4, -0.2) is 39.9 Å². The Morgan fingerprint density at radius 3 is 2.53 bits per heavy atom. The molecule has 0 aliphatic carbocycles. The van der Waals surface area contributed by atoms with Gasteiger partial charge in [0.05, 0.1) is 17.7 Å². The number of sulfonamides is 1. The lowest BCUT2D eigenvalue weighted by molar-refractivity contribution is -0.130. The van der Waals surface area contributed by atoms with Gasteiger partial charge >= 0.3 is 0 Å². The minimum Gasteiger partial charge on any atom is -0.496 e. The zero-order chi connectivity index (χ0) is 21.3. The highest BCUT2D eigenvalue weighted by molar-refractivity contribution is 7.93. The molecule has 7 heteroatoms. The van der Waals surface area contributed by atoms with Crippen molar-refractivity contribution in [2.24, 2.45) is 0 Å². The number of nitrogens with zero attached hydrogens (tertiary/aromatic N) is 2. The van der Waals surface area contributed by atoms with E-state index in [2.05, 4.69) is 0 Å². The van der Waals surface area contributed by atoms with Crippen molar-refractivity contribution in [3.8, 4) is 5.75 Å². The lowest BCUT2D eigenvalue weighted by Crippen LogP contribution is -2.30. The van der Waals surface area contributed by atoms with Crippen molar-refractivity contribution in [3.63, 3.8) is 0 Å². The third kappa shape index (κ3) is 3.50. The molecule has 0 atom stereocenters. The second-order valence-corrected chi connectivity index (χ2v) is 9.20. The lowest BCUT2D eigenvalue weighted by atomic mass is 10.1. The number of para-hydroxylation sites is 1. The zero-order valence-corrected chi connectivity index (χ0v) is 17.9. The van der Waals surface area contributed by atoms with Crippen molar-refractivity contribution < 1.29 is 17.9 Å². The summed E-state index contributed by atoms with van der Waals surface area (Å²) in [6.45, 7) is 0.708. The Bertz CT molecular complexity index is 1200. The molecule has 30 heavy (non-hydrogen) atoms. The number of carbonyl (C=O) groups excluding carboxylic acids is 1. The second kappa shape index (κ2) is 7.99. The van der Waals surface area contributed by atoms with Gasteiger partial charge in [-0.2, -0.15) is 0 Å². The number of benzene rings is 3. The predicted octanol–water partition coefficient (Wildman–Crippen LogP) is 3.80. The highest BCUT2D eigenvalue weighted by atomic mass is 32.2. The zero-order valence-electron chi connectivity index (χ0n) is 17.0. The molecule has 0 fully saturated rings. The van der Waals surface area contributed by atoms with Crippen LogP contribution in [0.3, 0.4) is 0 Å². The van der Waals surface area contributed by atoms with Crippen LogP contribution < -0.4 is 9.04 Å². The fraction of sp³-hybridized carbons (Fsp3) is 0.261. The van der Waals surface area contributed by atoms with Crippen LogP contribution >= 0.6 is 0 Å². The standard InChI is InChI=1S/C23H24N2O4S/c1-24(16-18-8-3-4-12-20(18)29-2)22(26)14-7-15-25-19-11-5-9-17-10-6-13-21(23(17)19)30(25,27)28/h3-6,8-13H,7,14-16H2,1-2H3. The van der Waals surface area contributed by atoms with Crippen molar-refractivity contribution in [1.82, 2.24) is 4.90 Å². The van der Waals surface area contributed by atoms with Gasteiger partial charge in [0.25, 0.3) is 10.0 Å². The van der Waals surface area contributed by atoms with Crippen LogP contribution in [0.4, 0.5) is 5.69 Å². The first-order valence-corrected chi connectivity index (χ1v) is 11.3. The molecular formula is C23H24N2O4S. The molecule has 1 aliphatic heterocycles. The van der Waals surface area contributed by atoms with E-state index in [0.29, 0.717) is 23.5 Å². The molecule has 0 saturated heterocycles. The summed E-state index contributed by atoms with van der Waals surface area (Å²) in [5.41, 5.74) is 1.62. The summed E-state index contributed by atoms with van der Waals surface area (Å²) in [7, 11) is -0.227. The quantitative estimate of drug-likeness (QED) is 0.579. The summed E-state index contributed by atoms with van der Waals surface area (Å²) in [5.74, 6) is 0.708. The highest BCUT2D eigenvalue weighted by Gasteiger charge is 2.35. The minimum atomic E-state index is -3.58. The van der Waals surface area contributed by atoms with Crippen molar-refractivity contribution in [2.75, 3.05) is 25.0 Å². The van der Waals surface area contributed by atoms with Gasteiger partial charge in [-0.15, -0.1) is 0 Å². The van der Waals surface area contributed by atoms with Gasteiger partial charge in [0, 0.05) is 37.5 Å². The first-order valence-electron chi connectivity index (χ1n) is 9.84. The summed E-state index contributed by atoms with van der Waals surface area (Å²) in [6, 6.07) is 18.5. The molecule has 3 aromatic carbocycles. The van der Waals surface area contributed by atoms with E-state index in [1.54, 1.807) is 31.2 Å².